The minimum absolute atomic E-state index is 0. The van der Waals surface area contributed by atoms with Crippen molar-refractivity contribution in [2.24, 2.45) is 5.92 Å². The third kappa shape index (κ3) is 3.97. The number of piperidine rings is 1. The number of nitrogens with one attached hydrogen (secondary N) is 3. The first-order valence-electron chi connectivity index (χ1n) is 8.70. The molecule has 0 saturated carbocycles. The van der Waals surface area contributed by atoms with Crippen LogP contribution in [-0.2, 0) is 9.53 Å². The van der Waals surface area contributed by atoms with Gasteiger partial charge in [-0.2, -0.15) is 0 Å². The van der Waals surface area contributed by atoms with Crippen LogP contribution in [0.15, 0.2) is 18.2 Å². The maximum atomic E-state index is 13.0. The van der Waals surface area contributed by atoms with Gasteiger partial charge in [-0.05, 0) is 30.7 Å². The number of amides is 1. The quantitative estimate of drug-likeness (QED) is 0.679. The second kappa shape index (κ2) is 8.61. The van der Waals surface area contributed by atoms with E-state index in [1.165, 1.54) is 0 Å². The molecule has 1 aromatic carbocycles. The fraction of sp³-hybridized carbons (Fsp3) is 0.588. The fourth-order valence-corrected chi connectivity index (χ4v) is 4.23. The van der Waals surface area contributed by atoms with E-state index in [9.17, 15) is 4.79 Å². The Kier molecular flexibility index (Phi) is 6.67. The Bertz CT molecular complexity index is 663. The van der Waals surface area contributed by atoms with Gasteiger partial charge in [0, 0.05) is 25.0 Å². The van der Waals surface area contributed by atoms with Crippen LogP contribution < -0.4 is 16.2 Å². The predicted molar refractivity (Wildman–Crippen MR) is 104 cm³/mol. The van der Waals surface area contributed by atoms with Crippen molar-refractivity contribution in [2.75, 3.05) is 32.8 Å². The molecule has 0 bridgehead atoms. The highest BCUT2D eigenvalue weighted by atomic mass is 35.5. The Morgan fingerprint density at radius 3 is 2.88 bits per heavy atom. The summed E-state index contributed by atoms with van der Waals surface area (Å²) in [5.74, 6) is 0.421. The fourth-order valence-electron chi connectivity index (χ4n) is 3.92. The van der Waals surface area contributed by atoms with Gasteiger partial charge in [-0.25, -0.2) is 5.43 Å². The van der Waals surface area contributed by atoms with Gasteiger partial charge in [-0.15, -0.1) is 12.4 Å². The van der Waals surface area contributed by atoms with Crippen molar-refractivity contribution in [2.45, 2.75) is 24.6 Å². The van der Waals surface area contributed by atoms with E-state index in [0.717, 1.165) is 25.1 Å². The molecule has 6 nitrogen and oxygen atoms in total. The van der Waals surface area contributed by atoms with Crippen LogP contribution in [0.2, 0.25) is 10.0 Å². The largest absolute Gasteiger partial charge is 0.370 e. The Morgan fingerprint density at radius 1 is 1.23 bits per heavy atom. The normalized spacial score (nSPS) is 31.2. The molecule has 3 fully saturated rings. The van der Waals surface area contributed by atoms with E-state index in [2.05, 4.69) is 16.2 Å². The first kappa shape index (κ1) is 20.1. The van der Waals surface area contributed by atoms with Gasteiger partial charge in [-0.3, -0.25) is 10.2 Å². The average molecular weight is 422 g/mol. The summed E-state index contributed by atoms with van der Waals surface area (Å²) in [5.41, 5.74) is 7.44. The summed E-state index contributed by atoms with van der Waals surface area (Å²) in [6, 6.07) is 5.67. The van der Waals surface area contributed by atoms with Crippen molar-refractivity contribution in [3.05, 3.63) is 33.8 Å². The molecule has 0 aliphatic carbocycles. The molecule has 3 N–H and O–H groups in total. The van der Waals surface area contributed by atoms with Gasteiger partial charge < -0.3 is 15.0 Å². The van der Waals surface area contributed by atoms with Crippen molar-refractivity contribution < 1.29 is 9.53 Å². The van der Waals surface area contributed by atoms with E-state index in [1.54, 1.807) is 6.07 Å². The molecule has 3 saturated heterocycles. The maximum absolute atomic E-state index is 13.0. The summed E-state index contributed by atoms with van der Waals surface area (Å²) >= 11 is 12.1. The van der Waals surface area contributed by atoms with Crippen LogP contribution in [0.5, 0.6) is 0 Å². The van der Waals surface area contributed by atoms with Crippen LogP contribution >= 0.6 is 35.6 Å². The maximum Gasteiger partial charge on any atom is 0.241 e. The van der Waals surface area contributed by atoms with Gasteiger partial charge in [0.25, 0.3) is 0 Å². The van der Waals surface area contributed by atoms with Crippen LogP contribution in [0.4, 0.5) is 0 Å². The number of carbonyl (C=O) groups is 1. The summed E-state index contributed by atoms with van der Waals surface area (Å²) in [7, 11) is 0. The van der Waals surface area contributed by atoms with Gasteiger partial charge in [0.1, 0.15) is 12.1 Å². The number of rotatable bonds is 2. The lowest BCUT2D eigenvalue weighted by molar-refractivity contribution is -0.142. The average Bonchev–Trinajstić information content (AvgIpc) is 3.07. The lowest BCUT2D eigenvalue weighted by atomic mass is 9.88. The molecule has 9 heteroatoms. The summed E-state index contributed by atoms with van der Waals surface area (Å²) in [4.78, 5) is 14.9. The highest BCUT2D eigenvalue weighted by Gasteiger charge is 2.43. The second-order valence-corrected chi connectivity index (χ2v) is 7.66. The number of ether oxygens (including phenoxy) is 1. The lowest BCUT2D eigenvalue weighted by Crippen LogP contribution is -2.53. The molecule has 3 aliphatic heterocycles. The van der Waals surface area contributed by atoms with Crippen molar-refractivity contribution >= 4 is 41.5 Å². The van der Waals surface area contributed by atoms with Gasteiger partial charge >= 0.3 is 0 Å². The molecule has 4 rings (SSSR count). The molecule has 3 heterocycles. The monoisotopic (exact) mass is 420 g/mol. The number of carbonyl (C=O) groups excluding carboxylic acids is 1. The smallest absolute Gasteiger partial charge is 0.241 e. The molecule has 0 aromatic heterocycles. The third-order valence-corrected chi connectivity index (χ3v) is 6.08. The van der Waals surface area contributed by atoms with E-state index < -0.39 is 0 Å². The molecule has 4 atom stereocenters. The second-order valence-electron chi connectivity index (χ2n) is 6.85. The highest BCUT2D eigenvalue weighted by molar-refractivity contribution is 6.42. The topological polar surface area (TPSA) is 65.6 Å². The van der Waals surface area contributed by atoms with E-state index in [4.69, 9.17) is 27.9 Å². The van der Waals surface area contributed by atoms with Crippen LogP contribution in [0.1, 0.15) is 18.1 Å². The van der Waals surface area contributed by atoms with Crippen molar-refractivity contribution in [3.8, 4) is 0 Å². The van der Waals surface area contributed by atoms with E-state index in [0.29, 0.717) is 35.8 Å². The number of nitrogens with zero attached hydrogens (tertiary/aromatic N) is 1. The van der Waals surface area contributed by atoms with Gasteiger partial charge in [0.05, 0.1) is 23.2 Å². The third-order valence-electron chi connectivity index (χ3n) is 5.34. The van der Waals surface area contributed by atoms with E-state index in [1.807, 2.05) is 17.0 Å². The summed E-state index contributed by atoms with van der Waals surface area (Å²) in [6.07, 6.45) is 0.860. The Balaban J connectivity index is 0.00000196. The molecule has 3 aliphatic rings. The Labute approximate surface area is 169 Å². The zero-order chi connectivity index (χ0) is 17.4. The molecule has 0 radical (unpaired) electrons. The molecular weight excluding hydrogens is 399 g/mol. The zero-order valence-electron chi connectivity index (χ0n) is 14.2. The molecule has 0 spiro atoms. The molecular formula is C17H23Cl3N4O2. The standard InChI is InChI=1S/C17H22Cl2N4O2.ClH/c18-12-2-1-10(7-13(12)19)15-9-23(5-6-25-15)17(24)16-11-8-20-4-3-14(11)21-22-16;/h1-2,7,11,14-16,20-22H,3-6,8-9H2;1H. The van der Waals surface area contributed by atoms with Crippen LogP contribution in [0, 0.1) is 5.92 Å². The Morgan fingerprint density at radius 2 is 2.08 bits per heavy atom. The number of morpholine rings is 1. The molecule has 1 aromatic rings. The van der Waals surface area contributed by atoms with Crippen LogP contribution in [-0.4, -0.2) is 55.7 Å². The number of benzene rings is 1. The number of fused-ring (bicyclic) bond motifs is 1. The first-order valence-corrected chi connectivity index (χ1v) is 9.46. The van der Waals surface area contributed by atoms with Crippen LogP contribution in [0.25, 0.3) is 0 Å². The van der Waals surface area contributed by atoms with Crippen LogP contribution in [0.3, 0.4) is 0 Å². The predicted octanol–water partition coefficient (Wildman–Crippen LogP) is 1.77. The number of hydrogen-bond donors (Lipinski definition) is 3. The number of hydrazine groups is 1. The van der Waals surface area contributed by atoms with Gasteiger partial charge in [0.15, 0.2) is 0 Å². The van der Waals surface area contributed by atoms with Gasteiger partial charge in [0.2, 0.25) is 5.91 Å². The summed E-state index contributed by atoms with van der Waals surface area (Å²) in [5, 5.41) is 4.41. The van der Waals surface area contributed by atoms with E-state index >= 15 is 0 Å². The SMILES string of the molecule is Cl.O=C(C1NNC2CCNCC21)N1CCOC(c2ccc(Cl)c(Cl)c2)C1. The van der Waals surface area contributed by atoms with Crippen molar-refractivity contribution in [1.29, 1.82) is 0 Å². The number of hydrogen-bond acceptors (Lipinski definition) is 5. The first-order chi connectivity index (χ1) is 12.1. The molecule has 26 heavy (non-hydrogen) atoms. The zero-order valence-corrected chi connectivity index (χ0v) is 16.5. The summed E-state index contributed by atoms with van der Waals surface area (Å²) in [6.45, 7) is 3.51. The Hall–Kier alpha value is -0.600. The highest BCUT2D eigenvalue weighted by Crippen LogP contribution is 2.30. The van der Waals surface area contributed by atoms with Crippen molar-refractivity contribution in [1.82, 2.24) is 21.1 Å². The lowest BCUT2D eigenvalue weighted by Gasteiger charge is -2.36. The van der Waals surface area contributed by atoms with E-state index in [-0.39, 0.29) is 36.4 Å². The summed E-state index contributed by atoms with van der Waals surface area (Å²) < 4.78 is 5.86. The molecule has 144 valence electrons. The number of halogens is 3. The minimum Gasteiger partial charge on any atom is -0.370 e. The van der Waals surface area contributed by atoms with Gasteiger partial charge in [-0.1, -0.05) is 29.3 Å². The molecule has 4 unspecified atom stereocenters. The minimum atomic E-state index is -0.189. The molecule has 1 amide bonds. The van der Waals surface area contributed by atoms with Crippen molar-refractivity contribution in [3.63, 3.8) is 0 Å².